The first-order chi connectivity index (χ1) is 17.7. The number of carboxylic acid groups (broad SMARTS) is 1. The maximum atomic E-state index is 13.1. The van der Waals surface area contributed by atoms with E-state index in [2.05, 4.69) is 4.72 Å². The number of hydrogen-bond acceptors (Lipinski definition) is 5. The van der Waals surface area contributed by atoms with E-state index in [0.29, 0.717) is 28.4 Å². The average molecular weight is 539 g/mol. The number of nitrogens with one attached hydrogen (secondary N) is 1. The van der Waals surface area contributed by atoms with Crippen LogP contribution in [-0.2, 0) is 21.4 Å². The minimum absolute atomic E-state index is 0.0787. The predicted molar refractivity (Wildman–Crippen MR) is 147 cm³/mol. The van der Waals surface area contributed by atoms with Crippen molar-refractivity contribution in [1.82, 2.24) is 0 Å². The third-order valence-electron chi connectivity index (χ3n) is 6.13. The number of ether oxygens (including phenoxy) is 1. The van der Waals surface area contributed by atoms with Crippen molar-refractivity contribution < 1.29 is 23.1 Å². The predicted octanol–water partition coefficient (Wildman–Crippen LogP) is 6.17. The number of carbonyl (C=O) groups is 1. The van der Waals surface area contributed by atoms with E-state index in [1.165, 1.54) is 19.2 Å². The van der Waals surface area contributed by atoms with Crippen LogP contribution in [0.25, 0.3) is 10.8 Å². The molecule has 0 fully saturated rings. The van der Waals surface area contributed by atoms with Crippen molar-refractivity contribution in [2.45, 2.75) is 30.8 Å². The fourth-order valence-electron chi connectivity index (χ4n) is 4.23. The number of rotatable bonds is 10. The number of halogens is 1. The molecule has 0 bridgehead atoms. The van der Waals surface area contributed by atoms with Gasteiger partial charge in [-0.3, -0.25) is 9.52 Å². The van der Waals surface area contributed by atoms with Gasteiger partial charge in [-0.15, -0.1) is 0 Å². The number of methoxy groups -OCH3 is 1. The molecule has 0 aromatic heterocycles. The van der Waals surface area contributed by atoms with Crippen molar-refractivity contribution >= 4 is 49.7 Å². The fourth-order valence-corrected chi connectivity index (χ4v) is 5.51. The lowest BCUT2D eigenvalue weighted by molar-refractivity contribution is -0.137. The second-order valence-corrected chi connectivity index (χ2v) is 10.7. The van der Waals surface area contributed by atoms with Crippen LogP contribution in [0.15, 0.2) is 89.8 Å². The van der Waals surface area contributed by atoms with E-state index in [9.17, 15) is 18.3 Å². The molecule has 0 spiro atoms. The summed E-state index contributed by atoms with van der Waals surface area (Å²) in [5.41, 5.74) is 2.05. The Morgan fingerprint density at radius 1 is 0.973 bits per heavy atom. The molecule has 4 rings (SSSR count). The Morgan fingerprint density at radius 2 is 1.62 bits per heavy atom. The summed E-state index contributed by atoms with van der Waals surface area (Å²) in [6, 6.07) is 24.1. The van der Waals surface area contributed by atoms with Gasteiger partial charge in [-0.05, 0) is 55.0 Å². The fraction of sp³-hybridized carbons (Fsp3) is 0.179. The van der Waals surface area contributed by atoms with Gasteiger partial charge in [-0.25, -0.2) is 8.42 Å². The van der Waals surface area contributed by atoms with Gasteiger partial charge in [-0.1, -0.05) is 54.1 Å². The molecule has 37 heavy (non-hydrogen) atoms. The maximum absolute atomic E-state index is 13.1. The van der Waals surface area contributed by atoms with E-state index < -0.39 is 16.0 Å². The summed E-state index contributed by atoms with van der Waals surface area (Å²) in [6.07, 6.45) is -0.0787. The van der Waals surface area contributed by atoms with Gasteiger partial charge >= 0.3 is 5.97 Å². The van der Waals surface area contributed by atoms with E-state index in [-0.39, 0.29) is 17.4 Å². The first-order valence-electron chi connectivity index (χ1n) is 11.6. The maximum Gasteiger partial charge on any atom is 0.305 e. The summed E-state index contributed by atoms with van der Waals surface area (Å²) in [6.45, 7) is 2.23. The highest BCUT2D eigenvalue weighted by molar-refractivity contribution is 7.92. The third-order valence-corrected chi connectivity index (χ3v) is 7.88. The van der Waals surface area contributed by atoms with Gasteiger partial charge in [0, 0.05) is 34.1 Å². The molecule has 4 aromatic carbocycles. The molecule has 0 saturated heterocycles. The minimum Gasteiger partial charge on any atom is -0.497 e. The molecule has 0 aliphatic carbocycles. The molecule has 9 heteroatoms. The molecule has 0 amide bonds. The number of aliphatic carboxylic acids is 1. The molecule has 192 valence electrons. The highest BCUT2D eigenvalue weighted by Gasteiger charge is 2.23. The van der Waals surface area contributed by atoms with E-state index >= 15 is 0 Å². The van der Waals surface area contributed by atoms with Crippen molar-refractivity contribution in [3.05, 3.63) is 95.5 Å². The molecule has 0 radical (unpaired) electrons. The lowest BCUT2D eigenvalue weighted by atomic mass is 10.0. The van der Waals surface area contributed by atoms with Crippen LogP contribution in [0.5, 0.6) is 5.75 Å². The number of nitrogens with zero attached hydrogens (tertiary/aromatic N) is 1. The zero-order valence-electron chi connectivity index (χ0n) is 20.4. The molecule has 1 atom stereocenters. The van der Waals surface area contributed by atoms with Crippen LogP contribution in [0, 0.1) is 0 Å². The number of hydrogen-bond donors (Lipinski definition) is 2. The van der Waals surface area contributed by atoms with Gasteiger partial charge < -0.3 is 14.7 Å². The van der Waals surface area contributed by atoms with E-state index in [0.717, 1.165) is 16.6 Å². The minimum atomic E-state index is -3.86. The monoisotopic (exact) mass is 538 g/mol. The Bertz CT molecular complexity index is 1520. The Kier molecular flexibility index (Phi) is 7.90. The zero-order valence-corrected chi connectivity index (χ0v) is 22.0. The highest BCUT2D eigenvalue weighted by atomic mass is 35.5. The van der Waals surface area contributed by atoms with Crippen LogP contribution in [-0.4, -0.2) is 32.6 Å². The number of benzene rings is 4. The zero-order chi connectivity index (χ0) is 26.6. The molecule has 4 aromatic rings. The quantitative estimate of drug-likeness (QED) is 0.250. The van der Waals surface area contributed by atoms with Crippen LogP contribution < -0.4 is 14.4 Å². The standard InChI is InChI=1S/C28H27ClN2O5S/c1-19(17-28(32)33)31(18-20-7-3-6-10-25(20)29)27-16-15-26(23-8-4-5-9-24(23)27)30-37(34,35)22-13-11-21(36-2)12-14-22/h3-16,19,30H,17-18H2,1-2H3,(H,32,33)/t19-/m0/s1. The summed E-state index contributed by atoms with van der Waals surface area (Å²) in [5, 5.41) is 11.5. The van der Waals surface area contributed by atoms with Gasteiger partial charge in [0.25, 0.3) is 10.0 Å². The normalized spacial score (nSPS) is 12.2. The van der Waals surface area contributed by atoms with Crippen molar-refractivity contribution in [3.63, 3.8) is 0 Å². The lowest BCUT2D eigenvalue weighted by Gasteiger charge is -2.32. The summed E-state index contributed by atoms with van der Waals surface area (Å²) in [5.74, 6) is -0.354. The molecule has 0 aliphatic rings. The van der Waals surface area contributed by atoms with Crippen molar-refractivity contribution in [2.24, 2.45) is 0 Å². The highest BCUT2D eigenvalue weighted by Crippen LogP contribution is 2.36. The number of anilines is 2. The van der Waals surface area contributed by atoms with E-state index in [4.69, 9.17) is 16.3 Å². The number of fused-ring (bicyclic) bond motifs is 1. The number of sulfonamides is 1. The van der Waals surface area contributed by atoms with Gasteiger partial charge in [0.1, 0.15) is 5.75 Å². The SMILES string of the molecule is COc1ccc(S(=O)(=O)Nc2ccc(N(Cc3ccccc3Cl)[C@@H](C)CC(=O)O)c3ccccc23)cc1. The van der Waals surface area contributed by atoms with Crippen LogP contribution in [0.3, 0.4) is 0 Å². The van der Waals surface area contributed by atoms with Crippen LogP contribution in [0.2, 0.25) is 5.02 Å². The molecule has 0 aliphatic heterocycles. The summed E-state index contributed by atoms with van der Waals surface area (Å²) in [7, 11) is -2.35. The molecule has 0 heterocycles. The average Bonchev–Trinajstić information content (AvgIpc) is 2.88. The Balaban J connectivity index is 1.77. The molecule has 0 unspecified atom stereocenters. The van der Waals surface area contributed by atoms with Crippen LogP contribution >= 0.6 is 11.6 Å². The lowest BCUT2D eigenvalue weighted by Crippen LogP contribution is -2.34. The van der Waals surface area contributed by atoms with E-state index in [1.54, 1.807) is 24.3 Å². The van der Waals surface area contributed by atoms with Crippen LogP contribution in [0.1, 0.15) is 18.9 Å². The van der Waals surface area contributed by atoms with Crippen molar-refractivity contribution in [2.75, 3.05) is 16.7 Å². The Morgan fingerprint density at radius 3 is 2.27 bits per heavy atom. The Labute approximate surface area is 221 Å². The molecular weight excluding hydrogens is 512 g/mol. The first kappa shape index (κ1) is 26.3. The van der Waals surface area contributed by atoms with Crippen molar-refractivity contribution in [3.8, 4) is 5.75 Å². The topological polar surface area (TPSA) is 95.9 Å². The van der Waals surface area contributed by atoms with Gasteiger partial charge in [-0.2, -0.15) is 0 Å². The molecule has 7 nitrogen and oxygen atoms in total. The third kappa shape index (κ3) is 5.98. The largest absolute Gasteiger partial charge is 0.497 e. The Hall–Kier alpha value is -3.75. The van der Waals surface area contributed by atoms with E-state index in [1.807, 2.05) is 60.4 Å². The number of carboxylic acids is 1. The summed E-state index contributed by atoms with van der Waals surface area (Å²) in [4.78, 5) is 13.7. The second-order valence-electron chi connectivity index (χ2n) is 8.63. The molecule has 0 saturated carbocycles. The smallest absolute Gasteiger partial charge is 0.305 e. The van der Waals surface area contributed by atoms with Gasteiger partial charge in [0.15, 0.2) is 0 Å². The molecule has 2 N–H and O–H groups in total. The molecular formula is C28H27ClN2O5S. The summed E-state index contributed by atoms with van der Waals surface area (Å²) >= 11 is 6.43. The van der Waals surface area contributed by atoms with Gasteiger partial charge in [0.2, 0.25) is 0 Å². The van der Waals surface area contributed by atoms with Gasteiger partial charge in [0.05, 0.1) is 24.1 Å². The first-order valence-corrected chi connectivity index (χ1v) is 13.5. The van der Waals surface area contributed by atoms with Crippen molar-refractivity contribution in [1.29, 1.82) is 0 Å². The van der Waals surface area contributed by atoms with Crippen LogP contribution in [0.4, 0.5) is 11.4 Å². The summed E-state index contributed by atoms with van der Waals surface area (Å²) < 4.78 is 34.1. The second kappa shape index (κ2) is 11.1.